The molecule has 98 valence electrons. The van der Waals surface area contributed by atoms with Crippen LogP contribution in [0.1, 0.15) is 48.0 Å². The van der Waals surface area contributed by atoms with E-state index in [2.05, 4.69) is 58.8 Å². The van der Waals surface area contributed by atoms with Gasteiger partial charge in [0.15, 0.2) is 0 Å². The van der Waals surface area contributed by atoms with Gasteiger partial charge in [-0.3, -0.25) is 0 Å². The van der Waals surface area contributed by atoms with Crippen LogP contribution in [0.4, 0.5) is 0 Å². The van der Waals surface area contributed by atoms with Crippen LogP contribution in [0.15, 0.2) is 0 Å². The number of nitrogens with zero attached hydrogens (tertiary/aromatic N) is 1. The maximum atomic E-state index is 3.56. The van der Waals surface area contributed by atoms with Crippen LogP contribution in [-0.2, 0) is 0 Å². The van der Waals surface area contributed by atoms with Gasteiger partial charge in [-0.05, 0) is 31.3 Å². The fourth-order valence-corrected chi connectivity index (χ4v) is 2.03. The fraction of sp³-hybridized carbons (Fsp3) is 1.00. The van der Waals surface area contributed by atoms with Crippen LogP contribution in [-0.4, -0.2) is 37.6 Å². The first-order valence-corrected chi connectivity index (χ1v) is 6.67. The lowest BCUT2D eigenvalue weighted by Gasteiger charge is -2.33. The second kappa shape index (κ2) is 7.29. The van der Waals surface area contributed by atoms with Crippen molar-refractivity contribution in [2.75, 3.05) is 26.7 Å². The molecule has 0 amide bonds. The summed E-state index contributed by atoms with van der Waals surface area (Å²) in [5.74, 6) is 0.741. The first-order chi connectivity index (χ1) is 7.26. The monoisotopic (exact) mass is 228 g/mol. The molecule has 2 nitrogen and oxygen atoms in total. The third-order valence-electron chi connectivity index (χ3n) is 2.75. The predicted octanol–water partition coefficient (Wildman–Crippen LogP) is 2.99. The van der Waals surface area contributed by atoms with Gasteiger partial charge in [-0.1, -0.05) is 41.5 Å². The van der Waals surface area contributed by atoms with Gasteiger partial charge in [0.2, 0.25) is 0 Å². The highest BCUT2D eigenvalue weighted by molar-refractivity contribution is 4.75. The van der Waals surface area contributed by atoms with Gasteiger partial charge in [-0.25, -0.2) is 0 Å². The summed E-state index contributed by atoms with van der Waals surface area (Å²) in [6.07, 6.45) is 1.22. The third-order valence-corrected chi connectivity index (χ3v) is 2.75. The van der Waals surface area contributed by atoms with Gasteiger partial charge in [-0.2, -0.15) is 0 Å². The first-order valence-electron chi connectivity index (χ1n) is 6.67. The highest BCUT2D eigenvalue weighted by Crippen LogP contribution is 2.16. The Hall–Kier alpha value is -0.0800. The van der Waals surface area contributed by atoms with Crippen molar-refractivity contribution in [3.05, 3.63) is 0 Å². The van der Waals surface area contributed by atoms with Crippen LogP contribution in [0.5, 0.6) is 0 Å². The summed E-state index contributed by atoms with van der Waals surface area (Å²) in [7, 11) is 2.25. The minimum atomic E-state index is 0.389. The average molecular weight is 228 g/mol. The molecule has 2 heteroatoms. The Balaban J connectivity index is 3.97. The summed E-state index contributed by atoms with van der Waals surface area (Å²) in [6, 6.07) is 0.665. The largest absolute Gasteiger partial charge is 0.315 e. The Labute approximate surface area is 103 Å². The summed E-state index contributed by atoms with van der Waals surface area (Å²) in [4.78, 5) is 2.49. The number of likely N-dealkylation sites (N-methyl/N-ethyl adjacent to an activating group) is 1. The van der Waals surface area contributed by atoms with E-state index in [0.717, 1.165) is 25.6 Å². The van der Waals surface area contributed by atoms with Crippen LogP contribution in [0, 0.1) is 11.3 Å². The van der Waals surface area contributed by atoms with Crippen molar-refractivity contribution in [3.63, 3.8) is 0 Å². The van der Waals surface area contributed by atoms with Gasteiger partial charge in [0, 0.05) is 19.1 Å². The van der Waals surface area contributed by atoms with Crippen molar-refractivity contribution in [1.82, 2.24) is 10.2 Å². The van der Waals surface area contributed by atoms with E-state index in [1.807, 2.05) is 0 Å². The van der Waals surface area contributed by atoms with E-state index in [9.17, 15) is 0 Å². The zero-order chi connectivity index (χ0) is 12.8. The molecule has 0 aliphatic heterocycles. The van der Waals surface area contributed by atoms with Crippen molar-refractivity contribution >= 4 is 0 Å². The smallest absolute Gasteiger partial charge is 0.0215 e. The molecule has 0 aromatic carbocycles. The molecule has 0 rings (SSSR count). The molecule has 0 radical (unpaired) electrons. The van der Waals surface area contributed by atoms with Crippen molar-refractivity contribution < 1.29 is 0 Å². The Morgan fingerprint density at radius 1 is 1.12 bits per heavy atom. The fourth-order valence-electron chi connectivity index (χ4n) is 2.03. The lowest BCUT2D eigenvalue weighted by Crippen LogP contribution is -2.43. The van der Waals surface area contributed by atoms with Crippen molar-refractivity contribution in [1.29, 1.82) is 0 Å². The Morgan fingerprint density at radius 3 is 2.06 bits per heavy atom. The molecular weight excluding hydrogens is 196 g/mol. The molecule has 16 heavy (non-hydrogen) atoms. The van der Waals surface area contributed by atoms with E-state index in [4.69, 9.17) is 0 Å². The molecule has 0 spiro atoms. The van der Waals surface area contributed by atoms with Crippen molar-refractivity contribution in [3.8, 4) is 0 Å². The second-order valence-electron chi connectivity index (χ2n) is 6.59. The van der Waals surface area contributed by atoms with E-state index in [1.165, 1.54) is 6.42 Å². The summed E-state index contributed by atoms with van der Waals surface area (Å²) in [6.45, 7) is 17.1. The molecule has 1 unspecified atom stereocenters. The van der Waals surface area contributed by atoms with Crippen LogP contribution in [0.3, 0.4) is 0 Å². The van der Waals surface area contributed by atoms with E-state index >= 15 is 0 Å². The van der Waals surface area contributed by atoms with Crippen LogP contribution >= 0.6 is 0 Å². The van der Waals surface area contributed by atoms with Gasteiger partial charge in [-0.15, -0.1) is 0 Å². The molecule has 0 aromatic rings. The van der Waals surface area contributed by atoms with Crippen molar-refractivity contribution in [2.24, 2.45) is 11.3 Å². The molecular formula is C14H32N2. The van der Waals surface area contributed by atoms with E-state index in [0.29, 0.717) is 11.5 Å². The Bertz CT molecular complexity index is 170. The lowest BCUT2D eigenvalue weighted by molar-refractivity contribution is 0.164. The quantitative estimate of drug-likeness (QED) is 0.720. The number of rotatable bonds is 7. The molecule has 0 aromatic heterocycles. The summed E-state index contributed by atoms with van der Waals surface area (Å²) in [5.41, 5.74) is 0.389. The SMILES string of the molecule is CCC(CNCC(C)C)N(C)CC(C)(C)C. The second-order valence-corrected chi connectivity index (χ2v) is 6.59. The molecule has 0 heterocycles. The number of hydrogen-bond donors (Lipinski definition) is 1. The number of nitrogens with one attached hydrogen (secondary N) is 1. The summed E-state index contributed by atoms with van der Waals surface area (Å²) in [5, 5.41) is 3.56. The molecule has 0 bridgehead atoms. The molecule has 0 aliphatic carbocycles. The highest BCUT2D eigenvalue weighted by Gasteiger charge is 2.19. The topological polar surface area (TPSA) is 15.3 Å². The van der Waals surface area contributed by atoms with Gasteiger partial charge in [0.25, 0.3) is 0 Å². The van der Waals surface area contributed by atoms with Gasteiger partial charge in [0.1, 0.15) is 0 Å². The van der Waals surface area contributed by atoms with Crippen molar-refractivity contribution in [2.45, 2.75) is 54.0 Å². The van der Waals surface area contributed by atoms with Crippen LogP contribution < -0.4 is 5.32 Å². The van der Waals surface area contributed by atoms with Gasteiger partial charge in [0.05, 0.1) is 0 Å². The molecule has 0 aliphatic rings. The lowest BCUT2D eigenvalue weighted by atomic mass is 9.95. The first kappa shape index (κ1) is 15.9. The molecule has 0 fully saturated rings. The van der Waals surface area contributed by atoms with Crippen LogP contribution in [0.2, 0.25) is 0 Å². The molecule has 0 saturated carbocycles. The van der Waals surface area contributed by atoms with Gasteiger partial charge < -0.3 is 10.2 Å². The highest BCUT2D eigenvalue weighted by atomic mass is 15.2. The van der Waals surface area contributed by atoms with Crippen LogP contribution in [0.25, 0.3) is 0 Å². The van der Waals surface area contributed by atoms with E-state index in [-0.39, 0.29) is 0 Å². The molecule has 1 atom stereocenters. The summed E-state index contributed by atoms with van der Waals surface area (Å²) >= 11 is 0. The minimum Gasteiger partial charge on any atom is -0.315 e. The molecule has 0 saturated heterocycles. The van der Waals surface area contributed by atoms with E-state index in [1.54, 1.807) is 0 Å². The number of hydrogen-bond acceptors (Lipinski definition) is 2. The van der Waals surface area contributed by atoms with E-state index < -0.39 is 0 Å². The summed E-state index contributed by atoms with van der Waals surface area (Å²) < 4.78 is 0. The Morgan fingerprint density at radius 2 is 1.69 bits per heavy atom. The van der Waals surface area contributed by atoms with Gasteiger partial charge >= 0.3 is 0 Å². The zero-order valence-corrected chi connectivity index (χ0v) is 12.4. The zero-order valence-electron chi connectivity index (χ0n) is 12.4. The third kappa shape index (κ3) is 8.12. The maximum absolute atomic E-state index is 3.56. The predicted molar refractivity (Wildman–Crippen MR) is 73.9 cm³/mol. The molecule has 1 N–H and O–H groups in total. The average Bonchev–Trinajstić information content (AvgIpc) is 2.08. The maximum Gasteiger partial charge on any atom is 0.0215 e. The Kier molecular flexibility index (Phi) is 7.25. The normalized spacial score (nSPS) is 14.8. The minimum absolute atomic E-state index is 0.389. The standard InChI is InChI=1S/C14H32N2/c1-8-13(10-15-9-12(2)3)16(7)11-14(4,5)6/h12-13,15H,8-11H2,1-7H3.